The molecule has 2 aromatic rings. The van der Waals surface area contributed by atoms with Gasteiger partial charge in [-0.1, -0.05) is 13.8 Å². The zero-order chi connectivity index (χ0) is 23.5. The first-order chi connectivity index (χ1) is 15.1. The van der Waals surface area contributed by atoms with Crippen molar-refractivity contribution >= 4 is 35.0 Å². The van der Waals surface area contributed by atoms with E-state index in [1.165, 1.54) is 18.2 Å². The molecule has 0 aliphatic carbocycles. The third-order valence-corrected chi connectivity index (χ3v) is 5.01. The highest BCUT2D eigenvalue weighted by molar-refractivity contribution is 6.03. The predicted molar refractivity (Wildman–Crippen MR) is 124 cm³/mol. The Labute approximate surface area is 187 Å². The van der Waals surface area contributed by atoms with Gasteiger partial charge in [0.15, 0.2) is 0 Å². The molecule has 1 N–H and O–H groups in total. The molecule has 1 aliphatic heterocycles. The van der Waals surface area contributed by atoms with E-state index in [2.05, 4.69) is 19.2 Å². The molecule has 3 rings (SSSR count). The lowest BCUT2D eigenvalue weighted by atomic mass is 9.92. The van der Waals surface area contributed by atoms with Crippen LogP contribution >= 0.6 is 0 Å². The number of carbonyl (C=O) groups is 2. The minimum Gasteiger partial charge on any atom is -0.490 e. The van der Waals surface area contributed by atoms with Crippen LogP contribution in [0.4, 0.5) is 17.1 Å². The maximum absolute atomic E-state index is 13.0. The Balaban J connectivity index is 1.76. The number of hydrogen-bond acceptors (Lipinski definition) is 5. The summed E-state index contributed by atoms with van der Waals surface area (Å²) < 4.78 is 5.94. The molecular weight excluding hydrogens is 410 g/mol. The molecule has 2 amide bonds. The van der Waals surface area contributed by atoms with Gasteiger partial charge < -0.3 is 15.0 Å². The van der Waals surface area contributed by atoms with Gasteiger partial charge in [-0.15, -0.1) is 0 Å². The Kier molecular flexibility index (Phi) is 6.62. The minimum absolute atomic E-state index is 0.00719. The van der Waals surface area contributed by atoms with Gasteiger partial charge in [-0.05, 0) is 55.7 Å². The Morgan fingerprint density at radius 3 is 2.56 bits per heavy atom. The van der Waals surface area contributed by atoms with Crippen LogP contribution in [0.15, 0.2) is 48.5 Å². The Morgan fingerprint density at radius 2 is 1.94 bits per heavy atom. The zero-order valence-corrected chi connectivity index (χ0v) is 18.6. The van der Waals surface area contributed by atoms with Crippen LogP contribution in [0, 0.1) is 21.4 Å². The van der Waals surface area contributed by atoms with Crippen molar-refractivity contribution in [2.45, 2.75) is 27.7 Å². The van der Waals surface area contributed by atoms with Gasteiger partial charge in [-0.3, -0.25) is 19.7 Å². The van der Waals surface area contributed by atoms with Crippen molar-refractivity contribution in [3.8, 4) is 5.75 Å². The molecule has 0 spiro atoms. The number of nitro benzene ring substituents is 1. The van der Waals surface area contributed by atoms with Crippen LogP contribution in [0.2, 0.25) is 0 Å². The molecule has 0 bridgehead atoms. The molecule has 32 heavy (non-hydrogen) atoms. The van der Waals surface area contributed by atoms with Gasteiger partial charge >= 0.3 is 0 Å². The first kappa shape index (κ1) is 23.0. The smallest absolute Gasteiger partial charge is 0.269 e. The first-order valence-electron chi connectivity index (χ1n) is 10.4. The SMILES string of the molecule is CC(C)CN1C(=O)C(C)(C)COc2cc(NC(=O)/C=C/c3ccc([N+](=O)[O-])cc3)ccc21. The van der Waals surface area contributed by atoms with Crippen LogP contribution < -0.4 is 15.0 Å². The molecule has 0 saturated carbocycles. The van der Waals surface area contributed by atoms with E-state index in [-0.39, 0.29) is 30.0 Å². The van der Waals surface area contributed by atoms with Gasteiger partial charge in [0, 0.05) is 36.5 Å². The van der Waals surface area contributed by atoms with E-state index in [0.717, 1.165) is 0 Å². The standard InChI is InChI=1S/C24H27N3O5/c1-16(2)14-26-20-11-8-18(13-21(20)32-15-24(3,4)23(26)29)25-22(28)12-7-17-5-9-19(10-6-17)27(30)31/h5-13,16H,14-15H2,1-4H3,(H,25,28)/b12-7+. The average Bonchev–Trinajstić information content (AvgIpc) is 2.82. The highest BCUT2D eigenvalue weighted by Gasteiger charge is 2.38. The number of rotatable bonds is 6. The topological polar surface area (TPSA) is 102 Å². The Morgan fingerprint density at radius 1 is 1.25 bits per heavy atom. The van der Waals surface area contributed by atoms with Crippen LogP contribution in [0.1, 0.15) is 33.3 Å². The van der Waals surface area contributed by atoms with E-state index >= 15 is 0 Å². The molecule has 1 aliphatic rings. The van der Waals surface area contributed by atoms with E-state index < -0.39 is 10.3 Å². The van der Waals surface area contributed by atoms with Crippen LogP contribution in [0.25, 0.3) is 6.08 Å². The normalized spacial score (nSPS) is 15.3. The number of fused-ring (bicyclic) bond motifs is 1. The van der Waals surface area contributed by atoms with Crippen molar-refractivity contribution in [1.82, 2.24) is 0 Å². The number of non-ortho nitro benzene ring substituents is 1. The van der Waals surface area contributed by atoms with Crippen molar-refractivity contribution in [2.24, 2.45) is 11.3 Å². The van der Waals surface area contributed by atoms with Crippen molar-refractivity contribution in [1.29, 1.82) is 0 Å². The monoisotopic (exact) mass is 437 g/mol. The van der Waals surface area contributed by atoms with Crippen molar-refractivity contribution in [3.63, 3.8) is 0 Å². The largest absolute Gasteiger partial charge is 0.490 e. The van der Waals surface area contributed by atoms with E-state index in [1.807, 2.05) is 13.8 Å². The Bertz CT molecular complexity index is 1060. The number of nitrogens with one attached hydrogen (secondary N) is 1. The van der Waals surface area contributed by atoms with Crippen LogP contribution in [-0.2, 0) is 9.59 Å². The zero-order valence-electron chi connectivity index (χ0n) is 18.6. The molecule has 1 heterocycles. The number of ether oxygens (including phenoxy) is 1. The quantitative estimate of drug-likeness (QED) is 0.402. The molecule has 2 aromatic carbocycles. The lowest BCUT2D eigenvalue weighted by Crippen LogP contribution is -2.43. The van der Waals surface area contributed by atoms with Gasteiger partial charge in [-0.2, -0.15) is 0 Å². The van der Waals surface area contributed by atoms with Crippen molar-refractivity contribution in [2.75, 3.05) is 23.4 Å². The molecule has 0 fully saturated rings. The maximum Gasteiger partial charge on any atom is 0.269 e. The highest BCUT2D eigenvalue weighted by atomic mass is 16.6. The number of amides is 2. The number of nitro groups is 1. The molecule has 0 atom stereocenters. The molecule has 8 heteroatoms. The van der Waals surface area contributed by atoms with Crippen molar-refractivity contribution in [3.05, 3.63) is 64.2 Å². The van der Waals surface area contributed by atoms with E-state index in [9.17, 15) is 19.7 Å². The van der Waals surface area contributed by atoms with Crippen LogP contribution in [0.3, 0.4) is 0 Å². The third-order valence-electron chi connectivity index (χ3n) is 5.01. The average molecular weight is 437 g/mol. The van der Waals surface area contributed by atoms with Gasteiger partial charge in [0.05, 0.1) is 16.0 Å². The van der Waals surface area contributed by atoms with Gasteiger partial charge in [-0.25, -0.2) is 0 Å². The van der Waals surface area contributed by atoms with Gasteiger partial charge in [0.2, 0.25) is 11.8 Å². The number of benzene rings is 2. The predicted octanol–water partition coefficient (Wildman–Crippen LogP) is 4.65. The summed E-state index contributed by atoms with van der Waals surface area (Å²) in [5.74, 6) is 0.478. The second-order valence-corrected chi connectivity index (χ2v) is 8.84. The molecule has 8 nitrogen and oxygen atoms in total. The lowest BCUT2D eigenvalue weighted by molar-refractivity contribution is -0.384. The number of nitrogens with zero attached hydrogens (tertiary/aromatic N) is 2. The van der Waals surface area contributed by atoms with Crippen LogP contribution in [-0.4, -0.2) is 29.9 Å². The summed E-state index contributed by atoms with van der Waals surface area (Å²) in [5, 5.41) is 13.5. The summed E-state index contributed by atoms with van der Waals surface area (Å²) in [6, 6.07) is 11.1. The fourth-order valence-corrected chi connectivity index (χ4v) is 3.33. The van der Waals surface area contributed by atoms with E-state index in [1.54, 1.807) is 41.3 Å². The molecule has 0 saturated heterocycles. The maximum atomic E-state index is 13.0. The Hall–Kier alpha value is -3.68. The summed E-state index contributed by atoms with van der Waals surface area (Å²) in [6.07, 6.45) is 2.93. The lowest BCUT2D eigenvalue weighted by Gasteiger charge is -2.29. The summed E-state index contributed by atoms with van der Waals surface area (Å²) in [4.78, 5) is 37.4. The van der Waals surface area contributed by atoms with Gasteiger partial charge in [0.25, 0.3) is 5.69 Å². The molecule has 0 radical (unpaired) electrons. The third kappa shape index (κ3) is 5.32. The number of carbonyl (C=O) groups excluding carboxylic acids is 2. The molecule has 0 aromatic heterocycles. The summed E-state index contributed by atoms with van der Waals surface area (Å²) >= 11 is 0. The second kappa shape index (κ2) is 9.21. The van der Waals surface area contributed by atoms with Gasteiger partial charge in [0.1, 0.15) is 12.4 Å². The summed E-state index contributed by atoms with van der Waals surface area (Å²) in [7, 11) is 0. The van der Waals surface area contributed by atoms with E-state index in [4.69, 9.17) is 4.74 Å². The molecular formula is C24H27N3O5. The van der Waals surface area contributed by atoms with Crippen LogP contribution in [0.5, 0.6) is 5.75 Å². The first-order valence-corrected chi connectivity index (χ1v) is 10.4. The minimum atomic E-state index is -0.662. The van der Waals surface area contributed by atoms with Crippen molar-refractivity contribution < 1.29 is 19.2 Å². The fraction of sp³-hybridized carbons (Fsp3) is 0.333. The summed E-state index contributed by atoms with van der Waals surface area (Å²) in [6.45, 7) is 8.64. The summed E-state index contributed by atoms with van der Waals surface area (Å²) in [5.41, 5.74) is 1.23. The number of hydrogen-bond donors (Lipinski definition) is 1. The van der Waals surface area contributed by atoms with E-state index in [0.29, 0.717) is 29.2 Å². The molecule has 0 unspecified atom stereocenters. The fourth-order valence-electron chi connectivity index (χ4n) is 3.33. The second-order valence-electron chi connectivity index (χ2n) is 8.84. The molecule has 168 valence electrons. The number of anilines is 2. The highest BCUT2D eigenvalue weighted by Crippen LogP contribution is 2.38.